The molecule has 2 aromatic heterocycles. The highest BCUT2D eigenvalue weighted by Gasteiger charge is 2.24. The maximum atomic E-state index is 12.8. The molecule has 0 radical (unpaired) electrons. The van der Waals surface area contributed by atoms with Gasteiger partial charge < -0.3 is 20.3 Å². The minimum absolute atomic E-state index is 0.0889. The van der Waals surface area contributed by atoms with Gasteiger partial charge in [-0.25, -0.2) is 9.59 Å². The molecule has 2 N–H and O–H groups in total. The van der Waals surface area contributed by atoms with E-state index in [1.807, 2.05) is 43.4 Å². The largest absolute Gasteiger partial charge is 0.383 e. The van der Waals surface area contributed by atoms with E-state index in [9.17, 15) is 9.59 Å². The third kappa shape index (κ3) is 4.04. The highest BCUT2D eigenvalue weighted by atomic mass is 16.5. The second-order valence-electron chi connectivity index (χ2n) is 8.80. The number of amides is 2. The SMILES string of the molecule is COCCn1c(=O)n(C)c2cnc3ccc(-c4ccc(NC(=O)NC5CN(C)C5)cc4)cc3c21. The van der Waals surface area contributed by atoms with Gasteiger partial charge in [0.15, 0.2) is 0 Å². The Morgan fingerprint density at radius 2 is 1.85 bits per heavy atom. The number of methoxy groups -OCH3 is 1. The molecule has 5 rings (SSSR count). The van der Waals surface area contributed by atoms with Crippen molar-refractivity contribution in [2.75, 3.05) is 39.2 Å². The number of carbonyl (C=O) groups excluding carboxylic acids is 1. The zero-order valence-electron chi connectivity index (χ0n) is 19.5. The molecule has 0 unspecified atom stereocenters. The molecule has 9 heteroatoms. The number of imidazole rings is 1. The summed E-state index contributed by atoms with van der Waals surface area (Å²) < 4.78 is 8.59. The van der Waals surface area contributed by atoms with Gasteiger partial charge in [0, 0.05) is 38.3 Å². The first-order valence-corrected chi connectivity index (χ1v) is 11.3. The maximum absolute atomic E-state index is 12.8. The van der Waals surface area contributed by atoms with Crippen LogP contribution in [-0.2, 0) is 18.3 Å². The van der Waals surface area contributed by atoms with Gasteiger partial charge in [0.25, 0.3) is 0 Å². The van der Waals surface area contributed by atoms with Crippen molar-refractivity contribution in [2.24, 2.45) is 7.05 Å². The number of carbonyl (C=O) groups is 1. The zero-order chi connectivity index (χ0) is 23.8. The van der Waals surface area contributed by atoms with E-state index in [0.717, 1.165) is 51.8 Å². The number of rotatable bonds is 6. The number of nitrogens with zero attached hydrogens (tertiary/aromatic N) is 4. The van der Waals surface area contributed by atoms with E-state index in [4.69, 9.17) is 4.74 Å². The molecule has 1 aliphatic rings. The number of hydrogen-bond donors (Lipinski definition) is 2. The molecule has 0 atom stereocenters. The molecule has 1 aliphatic heterocycles. The van der Waals surface area contributed by atoms with Crippen LogP contribution in [0.2, 0.25) is 0 Å². The molecule has 0 aliphatic carbocycles. The van der Waals surface area contributed by atoms with Gasteiger partial charge in [-0.3, -0.25) is 14.1 Å². The fraction of sp³-hybridized carbons (Fsp3) is 0.320. The minimum Gasteiger partial charge on any atom is -0.383 e. The number of nitrogens with one attached hydrogen (secondary N) is 2. The van der Waals surface area contributed by atoms with E-state index < -0.39 is 0 Å². The molecule has 0 bridgehead atoms. The van der Waals surface area contributed by atoms with Gasteiger partial charge in [-0.05, 0) is 42.4 Å². The van der Waals surface area contributed by atoms with Gasteiger partial charge in [0.05, 0.1) is 41.9 Å². The molecular formula is C25H28N6O3. The first kappa shape index (κ1) is 22.1. The number of aromatic nitrogens is 3. The normalized spacial score (nSPS) is 14.4. The van der Waals surface area contributed by atoms with Crippen molar-refractivity contribution in [1.29, 1.82) is 0 Å². The molecule has 0 spiro atoms. The molecule has 2 aromatic carbocycles. The molecule has 3 heterocycles. The van der Waals surface area contributed by atoms with Gasteiger partial charge in [-0.2, -0.15) is 0 Å². The number of urea groups is 1. The number of aryl methyl sites for hydroxylation is 1. The predicted octanol–water partition coefficient (Wildman–Crippen LogP) is 2.64. The topological polar surface area (TPSA) is 93.4 Å². The first-order valence-electron chi connectivity index (χ1n) is 11.3. The smallest absolute Gasteiger partial charge is 0.328 e. The van der Waals surface area contributed by atoms with Crippen molar-refractivity contribution in [3.05, 3.63) is 59.1 Å². The average Bonchev–Trinajstić information content (AvgIpc) is 3.06. The van der Waals surface area contributed by atoms with E-state index in [0.29, 0.717) is 13.2 Å². The van der Waals surface area contributed by atoms with Gasteiger partial charge in [0.1, 0.15) is 0 Å². The number of benzene rings is 2. The summed E-state index contributed by atoms with van der Waals surface area (Å²) in [6.07, 6.45) is 1.75. The molecule has 176 valence electrons. The highest BCUT2D eigenvalue weighted by Crippen LogP contribution is 2.29. The Hall–Kier alpha value is -3.69. The summed E-state index contributed by atoms with van der Waals surface area (Å²) in [5, 5.41) is 6.77. The van der Waals surface area contributed by atoms with Crippen LogP contribution in [0.4, 0.5) is 10.5 Å². The summed E-state index contributed by atoms with van der Waals surface area (Å²) in [4.78, 5) is 31.7. The van der Waals surface area contributed by atoms with Gasteiger partial charge in [-0.15, -0.1) is 0 Å². The Kier molecular flexibility index (Phi) is 5.80. The summed E-state index contributed by atoms with van der Waals surface area (Å²) in [5.41, 5.74) is 5.12. The standard InChI is InChI=1S/C25H28N6O3/c1-29-14-19(15-29)28-24(32)27-18-7-4-16(5-8-18)17-6-9-21-20(12-17)23-22(13-26-21)30(2)25(33)31(23)10-11-34-3/h4-9,12-13,19H,10-11,14-15H2,1-3H3,(H2,27,28,32). The Balaban J connectivity index is 1.44. The van der Waals surface area contributed by atoms with Crippen LogP contribution in [0.3, 0.4) is 0 Å². The van der Waals surface area contributed by atoms with Crippen molar-refractivity contribution in [3.63, 3.8) is 0 Å². The van der Waals surface area contributed by atoms with Crippen LogP contribution in [0.1, 0.15) is 0 Å². The summed E-state index contributed by atoms with van der Waals surface area (Å²) in [5.74, 6) is 0. The van der Waals surface area contributed by atoms with E-state index in [-0.39, 0.29) is 17.8 Å². The third-order valence-corrected chi connectivity index (χ3v) is 6.36. The molecule has 4 aromatic rings. The number of fused-ring (bicyclic) bond motifs is 3. The van der Waals surface area contributed by atoms with Crippen LogP contribution >= 0.6 is 0 Å². The Bertz CT molecular complexity index is 1420. The van der Waals surface area contributed by atoms with Crippen LogP contribution in [0.15, 0.2) is 53.5 Å². The van der Waals surface area contributed by atoms with E-state index in [1.54, 1.807) is 29.5 Å². The van der Waals surface area contributed by atoms with E-state index in [2.05, 4.69) is 26.6 Å². The second-order valence-corrected chi connectivity index (χ2v) is 8.80. The first-order chi connectivity index (χ1) is 16.4. The van der Waals surface area contributed by atoms with Gasteiger partial charge >= 0.3 is 11.7 Å². The lowest BCUT2D eigenvalue weighted by atomic mass is 10.0. The molecule has 34 heavy (non-hydrogen) atoms. The number of likely N-dealkylation sites (N-methyl/N-ethyl adjacent to an activating group) is 1. The number of hydrogen-bond acceptors (Lipinski definition) is 5. The Morgan fingerprint density at radius 3 is 2.56 bits per heavy atom. The minimum atomic E-state index is -0.192. The van der Waals surface area contributed by atoms with Crippen LogP contribution in [0, 0.1) is 0 Å². The fourth-order valence-corrected chi connectivity index (χ4v) is 4.54. The number of ether oxygens (including phenoxy) is 1. The molecular weight excluding hydrogens is 432 g/mol. The number of likely N-dealkylation sites (tertiary alicyclic amines) is 1. The van der Waals surface area contributed by atoms with Crippen LogP contribution in [0.5, 0.6) is 0 Å². The quantitative estimate of drug-likeness (QED) is 0.461. The maximum Gasteiger partial charge on any atom is 0.328 e. The Labute approximate surface area is 196 Å². The van der Waals surface area contributed by atoms with Crippen LogP contribution in [0.25, 0.3) is 33.1 Å². The van der Waals surface area contributed by atoms with Crippen molar-refractivity contribution < 1.29 is 9.53 Å². The summed E-state index contributed by atoms with van der Waals surface area (Å²) in [6.45, 7) is 2.66. The van der Waals surface area contributed by atoms with Gasteiger partial charge in [0.2, 0.25) is 0 Å². The van der Waals surface area contributed by atoms with Crippen molar-refractivity contribution in [1.82, 2.24) is 24.3 Å². The van der Waals surface area contributed by atoms with Crippen molar-refractivity contribution in [2.45, 2.75) is 12.6 Å². The molecule has 1 saturated heterocycles. The average molecular weight is 461 g/mol. The molecule has 0 saturated carbocycles. The highest BCUT2D eigenvalue weighted by molar-refractivity contribution is 6.04. The zero-order valence-corrected chi connectivity index (χ0v) is 19.5. The lowest BCUT2D eigenvalue weighted by molar-refractivity contribution is 0.165. The van der Waals surface area contributed by atoms with Crippen LogP contribution in [-0.4, -0.2) is 64.9 Å². The monoisotopic (exact) mass is 460 g/mol. The molecule has 1 fully saturated rings. The number of pyridine rings is 1. The Morgan fingerprint density at radius 1 is 1.12 bits per heavy atom. The molecule has 9 nitrogen and oxygen atoms in total. The van der Waals surface area contributed by atoms with Crippen LogP contribution < -0.4 is 16.3 Å². The third-order valence-electron chi connectivity index (χ3n) is 6.36. The molecule has 2 amide bonds. The summed E-state index contributed by atoms with van der Waals surface area (Å²) in [7, 11) is 5.41. The van der Waals surface area contributed by atoms with E-state index in [1.165, 1.54) is 0 Å². The van der Waals surface area contributed by atoms with Gasteiger partial charge in [-0.1, -0.05) is 18.2 Å². The lowest BCUT2D eigenvalue weighted by Gasteiger charge is -2.36. The second kappa shape index (κ2) is 8.92. The van der Waals surface area contributed by atoms with Crippen molar-refractivity contribution >= 4 is 33.7 Å². The number of anilines is 1. The summed E-state index contributed by atoms with van der Waals surface area (Å²) >= 11 is 0. The fourth-order valence-electron chi connectivity index (χ4n) is 4.54. The lowest BCUT2D eigenvalue weighted by Crippen LogP contribution is -2.58. The summed E-state index contributed by atoms with van der Waals surface area (Å²) in [6, 6.07) is 13.8. The van der Waals surface area contributed by atoms with E-state index >= 15 is 0 Å². The predicted molar refractivity (Wildman–Crippen MR) is 133 cm³/mol. The van der Waals surface area contributed by atoms with Crippen molar-refractivity contribution in [3.8, 4) is 11.1 Å².